The summed E-state index contributed by atoms with van der Waals surface area (Å²) in [5.41, 5.74) is 2.67. The van der Waals surface area contributed by atoms with Crippen molar-refractivity contribution >= 4 is 10.0 Å². The molecular weight excluding hydrogens is 416 g/mol. The SMILES string of the molecule is Cc1ccc2n(c1=O)[C@@H](COC1CCC(c3ccn(C)n3)CC1)[C@@H](NS(C)(=O)=O)CC2. The van der Waals surface area contributed by atoms with Crippen molar-refractivity contribution in [1.82, 2.24) is 19.1 Å². The summed E-state index contributed by atoms with van der Waals surface area (Å²) in [5, 5.41) is 4.54. The number of ether oxygens (including phenoxy) is 1. The van der Waals surface area contributed by atoms with Crippen molar-refractivity contribution in [3.05, 3.63) is 51.7 Å². The number of nitrogens with one attached hydrogen (secondary N) is 1. The van der Waals surface area contributed by atoms with Crippen LogP contribution in [0.15, 0.2) is 29.2 Å². The van der Waals surface area contributed by atoms with Gasteiger partial charge in [0.05, 0.1) is 30.7 Å². The minimum Gasteiger partial charge on any atom is -0.376 e. The predicted molar refractivity (Wildman–Crippen MR) is 119 cm³/mol. The lowest BCUT2D eigenvalue weighted by Gasteiger charge is -2.37. The highest BCUT2D eigenvalue weighted by Crippen LogP contribution is 2.34. The summed E-state index contributed by atoms with van der Waals surface area (Å²) in [6, 6.07) is 5.20. The molecule has 1 aliphatic carbocycles. The van der Waals surface area contributed by atoms with Gasteiger partial charge < -0.3 is 9.30 Å². The highest BCUT2D eigenvalue weighted by Gasteiger charge is 2.34. The van der Waals surface area contributed by atoms with E-state index < -0.39 is 10.0 Å². The fourth-order valence-electron chi connectivity index (χ4n) is 4.95. The Morgan fingerprint density at radius 1 is 1.16 bits per heavy atom. The molecule has 1 N–H and O–H groups in total. The van der Waals surface area contributed by atoms with Crippen molar-refractivity contribution < 1.29 is 13.2 Å². The lowest BCUT2D eigenvalue weighted by Crippen LogP contribution is -2.49. The van der Waals surface area contributed by atoms with Crippen LogP contribution in [0, 0.1) is 6.92 Å². The number of nitrogens with zero attached hydrogens (tertiary/aromatic N) is 3. The molecule has 1 saturated carbocycles. The Hall–Kier alpha value is -1.97. The van der Waals surface area contributed by atoms with Gasteiger partial charge in [-0.2, -0.15) is 5.10 Å². The number of sulfonamides is 1. The van der Waals surface area contributed by atoms with E-state index in [1.54, 1.807) is 11.5 Å². The van der Waals surface area contributed by atoms with Gasteiger partial charge in [-0.3, -0.25) is 9.48 Å². The molecule has 31 heavy (non-hydrogen) atoms. The molecule has 0 radical (unpaired) electrons. The minimum atomic E-state index is -3.39. The quantitative estimate of drug-likeness (QED) is 0.730. The number of aryl methyl sites for hydroxylation is 3. The van der Waals surface area contributed by atoms with Crippen LogP contribution in [0.4, 0.5) is 0 Å². The van der Waals surface area contributed by atoms with Crippen molar-refractivity contribution in [2.24, 2.45) is 7.05 Å². The van der Waals surface area contributed by atoms with Crippen molar-refractivity contribution in [2.45, 2.75) is 69.6 Å². The molecule has 2 atom stereocenters. The smallest absolute Gasteiger partial charge is 0.254 e. The van der Waals surface area contributed by atoms with Gasteiger partial charge in [-0.1, -0.05) is 6.07 Å². The molecule has 0 spiro atoms. The van der Waals surface area contributed by atoms with E-state index in [1.807, 2.05) is 30.1 Å². The van der Waals surface area contributed by atoms with Gasteiger partial charge in [-0.15, -0.1) is 0 Å². The lowest BCUT2D eigenvalue weighted by molar-refractivity contribution is -0.00188. The Balaban J connectivity index is 1.46. The van der Waals surface area contributed by atoms with Crippen LogP contribution >= 0.6 is 0 Å². The summed E-state index contributed by atoms with van der Waals surface area (Å²) in [5.74, 6) is 0.460. The third-order valence-electron chi connectivity index (χ3n) is 6.59. The first kappa shape index (κ1) is 22.2. The minimum absolute atomic E-state index is 0.0649. The zero-order valence-electron chi connectivity index (χ0n) is 18.5. The van der Waals surface area contributed by atoms with Gasteiger partial charge in [-0.25, -0.2) is 13.1 Å². The molecule has 8 nitrogen and oxygen atoms in total. The second-order valence-corrected chi connectivity index (χ2v) is 10.8. The van der Waals surface area contributed by atoms with Crippen LogP contribution < -0.4 is 10.3 Å². The summed E-state index contributed by atoms with van der Waals surface area (Å²) >= 11 is 0. The molecule has 1 fully saturated rings. The van der Waals surface area contributed by atoms with E-state index in [4.69, 9.17) is 4.74 Å². The Morgan fingerprint density at radius 3 is 2.55 bits per heavy atom. The summed E-state index contributed by atoms with van der Waals surface area (Å²) in [4.78, 5) is 12.9. The van der Waals surface area contributed by atoms with Crippen molar-refractivity contribution in [3.63, 3.8) is 0 Å². The van der Waals surface area contributed by atoms with E-state index in [2.05, 4.69) is 15.9 Å². The molecule has 170 valence electrons. The van der Waals surface area contributed by atoms with E-state index in [-0.39, 0.29) is 23.7 Å². The normalized spacial score (nSPS) is 26.5. The van der Waals surface area contributed by atoms with Crippen LogP contribution in [-0.2, 0) is 28.2 Å². The molecular formula is C22H32N4O4S. The Labute approximate surface area is 183 Å². The molecule has 9 heteroatoms. The van der Waals surface area contributed by atoms with Gasteiger partial charge in [0.1, 0.15) is 0 Å². The maximum atomic E-state index is 12.9. The number of rotatable bonds is 6. The third kappa shape index (κ3) is 5.10. The van der Waals surface area contributed by atoms with Gasteiger partial charge >= 0.3 is 0 Å². The molecule has 0 amide bonds. The zero-order chi connectivity index (χ0) is 22.2. The maximum absolute atomic E-state index is 12.9. The molecule has 2 aliphatic rings. The molecule has 0 unspecified atom stereocenters. The molecule has 2 aromatic rings. The monoisotopic (exact) mass is 448 g/mol. The largest absolute Gasteiger partial charge is 0.376 e. The molecule has 0 saturated heterocycles. The molecule has 3 heterocycles. The van der Waals surface area contributed by atoms with E-state index in [9.17, 15) is 13.2 Å². The van der Waals surface area contributed by atoms with Gasteiger partial charge in [0.25, 0.3) is 5.56 Å². The first-order valence-corrected chi connectivity index (χ1v) is 12.9. The Kier molecular flexibility index (Phi) is 6.37. The first-order valence-electron chi connectivity index (χ1n) is 11.0. The topological polar surface area (TPSA) is 95.2 Å². The third-order valence-corrected chi connectivity index (χ3v) is 7.32. The van der Waals surface area contributed by atoms with E-state index in [1.165, 1.54) is 6.26 Å². The van der Waals surface area contributed by atoms with E-state index in [0.717, 1.165) is 37.1 Å². The fraction of sp³-hybridized carbons (Fsp3) is 0.636. The van der Waals surface area contributed by atoms with Gasteiger partial charge in [0.2, 0.25) is 10.0 Å². The average Bonchev–Trinajstić information content (AvgIpc) is 3.15. The standard InChI is InChI=1S/C22H32N4O4S/c1-15-4-7-17-8-11-20(24-31(3,28)29)21(26(17)22(15)27)14-30-18-9-5-16(6-10-18)19-12-13-25(2)23-19/h4,7,12-13,16,18,20-21,24H,5-6,8-11,14H2,1-3H3/t16?,18?,20-,21-/m0/s1. The Bertz CT molecular complexity index is 1080. The van der Waals surface area contributed by atoms with Crippen LogP contribution in [-0.4, -0.2) is 47.8 Å². The number of aromatic nitrogens is 3. The van der Waals surface area contributed by atoms with Crippen molar-refractivity contribution in [1.29, 1.82) is 0 Å². The molecule has 0 bridgehead atoms. The van der Waals surface area contributed by atoms with E-state index >= 15 is 0 Å². The highest BCUT2D eigenvalue weighted by molar-refractivity contribution is 7.88. The Morgan fingerprint density at radius 2 is 1.90 bits per heavy atom. The zero-order valence-corrected chi connectivity index (χ0v) is 19.3. The second-order valence-electron chi connectivity index (χ2n) is 9.01. The van der Waals surface area contributed by atoms with Gasteiger partial charge in [0, 0.05) is 36.5 Å². The first-order chi connectivity index (χ1) is 14.7. The number of hydrogen-bond acceptors (Lipinski definition) is 5. The molecule has 4 rings (SSSR count). The fourth-order valence-corrected chi connectivity index (χ4v) is 5.78. The highest BCUT2D eigenvalue weighted by atomic mass is 32.2. The van der Waals surface area contributed by atoms with Gasteiger partial charge in [0.15, 0.2) is 0 Å². The molecule has 1 aliphatic heterocycles. The second kappa shape index (κ2) is 8.88. The van der Waals surface area contributed by atoms with Crippen molar-refractivity contribution in [2.75, 3.05) is 12.9 Å². The van der Waals surface area contributed by atoms with Crippen LogP contribution in [0.2, 0.25) is 0 Å². The van der Waals surface area contributed by atoms with Crippen LogP contribution in [0.25, 0.3) is 0 Å². The van der Waals surface area contributed by atoms with Crippen molar-refractivity contribution in [3.8, 4) is 0 Å². The summed E-state index contributed by atoms with van der Waals surface area (Å²) in [6.07, 6.45) is 8.49. The lowest BCUT2D eigenvalue weighted by atomic mass is 9.85. The number of hydrogen-bond donors (Lipinski definition) is 1. The summed E-state index contributed by atoms with van der Waals surface area (Å²) in [7, 11) is -1.46. The van der Waals surface area contributed by atoms with Gasteiger partial charge in [-0.05, 0) is 57.6 Å². The number of fused-ring (bicyclic) bond motifs is 1. The van der Waals surface area contributed by atoms with E-state index in [0.29, 0.717) is 30.9 Å². The van der Waals surface area contributed by atoms with Crippen LogP contribution in [0.5, 0.6) is 0 Å². The molecule has 0 aromatic carbocycles. The average molecular weight is 449 g/mol. The number of pyridine rings is 1. The summed E-state index contributed by atoms with van der Waals surface area (Å²) in [6.45, 7) is 2.11. The van der Waals surface area contributed by atoms with Crippen LogP contribution in [0.1, 0.15) is 61.0 Å². The van der Waals surface area contributed by atoms with Crippen LogP contribution in [0.3, 0.4) is 0 Å². The predicted octanol–water partition coefficient (Wildman–Crippen LogP) is 2.04. The maximum Gasteiger partial charge on any atom is 0.254 e. The molecule has 2 aromatic heterocycles. The summed E-state index contributed by atoms with van der Waals surface area (Å²) < 4.78 is 36.5.